The van der Waals surface area contributed by atoms with Crippen LogP contribution in [0.2, 0.25) is 0 Å². The molecule has 2 amide bonds. The van der Waals surface area contributed by atoms with Gasteiger partial charge in [-0.25, -0.2) is 4.98 Å². The zero-order valence-corrected chi connectivity index (χ0v) is 33.0. The van der Waals surface area contributed by atoms with E-state index in [1.807, 2.05) is 78.9 Å². The second kappa shape index (κ2) is 16.7. The van der Waals surface area contributed by atoms with Crippen LogP contribution >= 0.6 is 0 Å². The quantitative estimate of drug-likeness (QED) is 0.135. The molecule has 0 unspecified atom stereocenters. The van der Waals surface area contributed by atoms with Gasteiger partial charge in [0.2, 0.25) is 5.91 Å². The number of carbonyl (C=O) groups excluding carboxylic acids is 2. The lowest BCUT2D eigenvalue weighted by Crippen LogP contribution is -2.57. The zero-order valence-electron chi connectivity index (χ0n) is 33.0. The predicted molar refractivity (Wildman–Crippen MR) is 226 cm³/mol. The molecule has 3 aliphatic heterocycles. The van der Waals surface area contributed by atoms with Gasteiger partial charge in [0.25, 0.3) is 5.91 Å². The van der Waals surface area contributed by atoms with Crippen LogP contribution in [-0.2, 0) is 27.4 Å². The van der Waals surface area contributed by atoms with Gasteiger partial charge in [-0.2, -0.15) is 0 Å². The van der Waals surface area contributed by atoms with E-state index in [4.69, 9.17) is 9.47 Å². The molecule has 0 saturated carbocycles. The number of benzene rings is 5. The SMILES string of the molecule is C[C@@H]1[C@H](CN2CCC3(CC2)C(=O)NCN3c2ccccc2)O[C@H](c2ccc(-c3cccc(CNC(=O)c4cnc5ccccc5n4)c3)cc2)O[C@@H]1c1ccc(CO)cc1. The Kier molecular flexibility index (Phi) is 10.9. The fourth-order valence-electron chi connectivity index (χ4n) is 8.75. The van der Waals surface area contributed by atoms with Crippen LogP contribution in [0.25, 0.3) is 22.2 Å². The minimum Gasteiger partial charge on any atom is -0.392 e. The highest BCUT2D eigenvalue weighted by molar-refractivity contribution is 5.94. The molecule has 0 bridgehead atoms. The van der Waals surface area contributed by atoms with Crippen LogP contribution in [0.5, 0.6) is 0 Å². The Labute approximate surface area is 344 Å². The molecule has 3 saturated heterocycles. The van der Waals surface area contributed by atoms with Crippen LogP contribution in [0, 0.1) is 5.92 Å². The van der Waals surface area contributed by atoms with Crippen LogP contribution in [-0.4, -0.2) is 69.7 Å². The molecule has 6 aromatic rings. The van der Waals surface area contributed by atoms with E-state index >= 15 is 0 Å². The van der Waals surface area contributed by atoms with Gasteiger partial charge in [0.1, 0.15) is 11.2 Å². The molecule has 3 aliphatic rings. The van der Waals surface area contributed by atoms with Crippen LogP contribution < -0.4 is 15.5 Å². The summed E-state index contributed by atoms with van der Waals surface area (Å²) in [6, 6.07) is 42.1. The van der Waals surface area contributed by atoms with Gasteiger partial charge in [-0.05, 0) is 71.0 Å². The Hall–Kier alpha value is -5.98. The number of anilines is 1. The highest BCUT2D eigenvalue weighted by atomic mass is 16.7. The average molecular weight is 789 g/mol. The Bertz CT molecular complexity index is 2420. The maximum absolute atomic E-state index is 13.3. The van der Waals surface area contributed by atoms with Crippen molar-refractivity contribution in [3.05, 3.63) is 162 Å². The number of nitrogens with zero attached hydrogens (tertiary/aromatic N) is 4. The number of aromatic nitrogens is 2. The van der Waals surface area contributed by atoms with Crippen molar-refractivity contribution in [1.82, 2.24) is 25.5 Å². The lowest BCUT2D eigenvalue weighted by atomic mass is 9.84. The summed E-state index contributed by atoms with van der Waals surface area (Å²) in [6.07, 6.45) is 2.00. The summed E-state index contributed by atoms with van der Waals surface area (Å²) in [7, 11) is 0. The lowest BCUT2D eigenvalue weighted by molar-refractivity contribution is -0.276. The first-order chi connectivity index (χ1) is 28.9. The molecule has 3 N–H and O–H groups in total. The third-order valence-corrected chi connectivity index (χ3v) is 12.2. The Balaban J connectivity index is 0.891. The van der Waals surface area contributed by atoms with Crippen molar-refractivity contribution in [2.24, 2.45) is 5.92 Å². The second-order valence-corrected chi connectivity index (χ2v) is 15.8. The van der Waals surface area contributed by atoms with E-state index in [9.17, 15) is 14.7 Å². The lowest BCUT2D eigenvalue weighted by Gasteiger charge is -2.46. The van der Waals surface area contributed by atoms with Crippen molar-refractivity contribution in [3.63, 3.8) is 0 Å². The van der Waals surface area contributed by atoms with Crippen molar-refractivity contribution >= 4 is 28.5 Å². The van der Waals surface area contributed by atoms with E-state index in [1.165, 1.54) is 6.20 Å². The van der Waals surface area contributed by atoms with E-state index in [1.54, 1.807) is 0 Å². The number of likely N-dealkylation sites (tertiary alicyclic amines) is 1. The zero-order chi connectivity index (χ0) is 40.3. The largest absolute Gasteiger partial charge is 0.392 e. The van der Waals surface area contributed by atoms with Crippen molar-refractivity contribution in [2.45, 2.75) is 57.0 Å². The first-order valence-corrected chi connectivity index (χ1v) is 20.4. The number of aliphatic hydroxyl groups is 1. The highest BCUT2D eigenvalue weighted by Gasteiger charge is 2.51. The number of hydrogen-bond donors (Lipinski definition) is 3. The third-order valence-electron chi connectivity index (χ3n) is 12.2. The van der Waals surface area contributed by atoms with Crippen molar-refractivity contribution in [2.75, 3.05) is 31.2 Å². The van der Waals surface area contributed by atoms with E-state index < -0.39 is 11.8 Å². The molecule has 300 valence electrons. The fourth-order valence-corrected chi connectivity index (χ4v) is 8.75. The number of aliphatic hydroxyl groups excluding tert-OH is 1. The van der Waals surface area contributed by atoms with Gasteiger partial charge >= 0.3 is 0 Å². The minimum atomic E-state index is -0.599. The summed E-state index contributed by atoms with van der Waals surface area (Å²) in [5, 5.41) is 15.8. The van der Waals surface area contributed by atoms with Crippen molar-refractivity contribution in [3.8, 4) is 11.1 Å². The number of para-hydroxylation sites is 3. The molecule has 4 heterocycles. The van der Waals surface area contributed by atoms with Crippen molar-refractivity contribution < 1.29 is 24.2 Å². The molecule has 11 heteroatoms. The number of ether oxygens (including phenoxy) is 2. The number of amides is 2. The highest BCUT2D eigenvalue weighted by Crippen LogP contribution is 2.43. The average Bonchev–Trinajstić information content (AvgIpc) is 3.61. The maximum Gasteiger partial charge on any atom is 0.271 e. The summed E-state index contributed by atoms with van der Waals surface area (Å²) in [6.45, 7) is 5.30. The monoisotopic (exact) mass is 788 g/mol. The van der Waals surface area contributed by atoms with Crippen LogP contribution in [0.4, 0.5) is 5.69 Å². The summed E-state index contributed by atoms with van der Waals surface area (Å²) in [5.74, 6) is -0.133. The number of hydrogen-bond acceptors (Lipinski definition) is 9. The van der Waals surface area contributed by atoms with Gasteiger partial charge < -0.3 is 35.0 Å². The standard InChI is InChI=1S/C48H48N6O5/c1-32-43(29-53-24-22-48(23-25-53)47(57)51-31-54(48)39-10-3-2-4-11-39)58-46(59-44(32)36-16-14-33(30-55)15-17-36)37-20-18-35(19-21-37)38-9-7-8-34(26-38)27-50-45(56)42-28-49-40-12-5-6-13-41(40)52-42/h2-21,26,28,32,43-44,46,55H,22-25,27,29-31H2,1H3,(H,50,56)(H,51,57)/t32-,43+,44+,46+/m1/s1. The maximum atomic E-state index is 13.3. The first-order valence-electron chi connectivity index (χ1n) is 20.4. The minimum absolute atomic E-state index is 0.0176. The van der Waals surface area contributed by atoms with Crippen LogP contribution in [0.1, 0.15) is 64.9 Å². The number of nitrogens with one attached hydrogen (secondary N) is 2. The summed E-state index contributed by atoms with van der Waals surface area (Å²) < 4.78 is 13.6. The molecule has 11 nitrogen and oxygen atoms in total. The molecule has 59 heavy (non-hydrogen) atoms. The molecule has 0 radical (unpaired) electrons. The van der Waals surface area contributed by atoms with Crippen LogP contribution in [0.15, 0.2) is 134 Å². The number of carbonyl (C=O) groups is 2. The molecule has 4 atom stereocenters. The molecule has 5 aromatic carbocycles. The number of piperidine rings is 1. The molecule has 0 aliphatic carbocycles. The van der Waals surface area contributed by atoms with Crippen LogP contribution in [0.3, 0.4) is 0 Å². The van der Waals surface area contributed by atoms with Gasteiger partial charge in [0.15, 0.2) is 6.29 Å². The van der Waals surface area contributed by atoms with E-state index in [0.29, 0.717) is 25.3 Å². The molecule has 3 fully saturated rings. The Morgan fingerprint density at radius 1 is 0.831 bits per heavy atom. The van der Waals surface area contributed by atoms with E-state index in [2.05, 4.69) is 85.9 Å². The topological polar surface area (TPSA) is 129 Å². The predicted octanol–water partition coefficient (Wildman–Crippen LogP) is 6.94. The Morgan fingerprint density at radius 3 is 2.32 bits per heavy atom. The van der Waals surface area contributed by atoms with Gasteiger partial charge in [-0.15, -0.1) is 0 Å². The second-order valence-electron chi connectivity index (χ2n) is 15.8. The van der Waals surface area contributed by atoms with Gasteiger partial charge in [-0.3, -0.25) is 14.6 Å². The molecular weight excluding hydrogens is 741 g/mol. The molecule has 9 rings (SSSR count). The Morgan fingerprint density at radius 2 is 1.56 bits per heavy atom. The summed E-state index contributed by atoms with van der Waals surface area (Å²) in [4.78, 5) is 39.8. The summed E-state index contributed by atoms with van der Waals surface area (Å²) >= 11 is 0. The summed E-state index contributed by atoms with van der Waals surface area (Å²) in [5.41, 5.74) is 8.04. The molecule has 1 spiro atoms. The normalized spacial score (nSPS) is 21.7. The first kappa shape index (κ1) is 38.5. The van der Waals surface area contributed by atoms with Gasteiger partial charge in [-0.1, -0.05) is 104 Å². The molecular formula is C48H48N6O5. The third kappa shape index (κ3) is 7.94. The van der Waals surface area contributed by atoms with E-state index in [0.717, 1.165) is 70.5 Å². The van der Waals surface area contributed by atoms with Crippen molar-refractivity contribution in [1.29, 1.82) is 0 Å². The number of rotatable bonds is 10. The smallest absolute Gasteiger partial charge is 0.271 e. The van der Waals surface area contributed by atoms with Gasteiger partial charge in [0, 0.05) is 43.3 Å². The fraction of sp³-hybridized carbons (Fsp3) is 0.292. The van der Waals surface area contributed by atoms with E-state index in [-0.39, 0.29) is 42.2 Å². The van der Waals surface area contributed by atoms with Gasteiger partial charge in [0.05, 0.1) is 42.7 Å². The molecule has 1 aromatic heterocycles. The number of fused-ring (bicyclic) bond motifs is 1.